The Labute approximate surface area is 191 Å². The number of ether oxygens (including phenoxy) is 1. The van der Waals surface area contributed by atoms with Crippen LogP contribution in [0.15, 0.2) is 33.9 Å². The summed E-state index contributed by atoms with van der Waals surface area (Å²) in [6.45, 7) is 4.73. The number of amides is 2. The van der Waals surface area contributed by atoms with Crippen molar-refractivity contribution in [3.8, 4) is 0 Å². The van der Waals surface area contributed by atoms with E-state index in [4.69, 9.17) is 9.26 Å². The van der Waals surface area contributed by atoms with Gasteiger partial charge in [0.1, 0.15) is 10.8 Å². The molecule has 0 aromatic carbocycles. The van der Waals surface area contributed by atoms with Crippen LogP contribution in [0.2, 0.25) is 0 Å². The largest absolute Gasteiger partial charge is 0.466 e. The number of thioether (sulfide) groups is 1. The van der Waals surface area contributed by atoms with Crippen LogP contribution in [0, 0.1) is 12.8 Å². The summed E-state index contributed by atoms with van der Waals surface area (Å²) >= 11 is 1.39. The summed E-state index contributed by atoms with van der Waals surface area (Å²) in [6, 6.07) is 5.23. The van der Waals surface area contributed by atoms with Crippen LogP contribution >= 0.6 is 11.8 Å². The second-order valence-corrected chi connectivity index (χ2v) is 8.63. The van der Waals surface area contributed by atoms with E-state index in [1.165, 1.54) is 16.7 Å². The molecule has 1 unspecified atom stereocenters. The minimum absolute atomic E-state index is 0.0736. The molecule has 0 bridgehead atoms. The number of carbonyl (C=O) groups is 3. The molecule has 2 aromatic heterocycles. The van der Waals surface area contributed by atoms with E-state index in [9.17, 15) is 14.4 Å². The first kappa shape index (κ1) is 23.8. The van der Waals surface area contributed by atoms with Gasteiger partial charge in [-0.25, -0.2) is 4.98 Å². The second-order valence-electron chi connectivity index (χ2n) is 7.67. The first-order valence-electron chi connectivity index (χ1n) is 10.6. The van der Waals surface area contributed by atoms with Crippen LogP contribution in [0.3, 0.4) is 0 Å². The molecule has 1 saturated heterocycles. The van der Waals surface area contributed by atoms with E-state index in [2.05, 4.69) is 10.1 Å². The van der Waals surface area contributed by atoms with Gasteiger partial charge >= 0.3 is 5.97 Å². The molecule has 10 heteroatoms. The third kappa shape index (κ3) is 6.09. The van der Waals surface area contributed by atoms with Gasteiger partial charge in [0, 0.05) is 38.2 Å². The Kier molecular flexibility index (Phi) is 8.26. The molecule has 3 rings (SSSR count). The molecule has 172 valence electrons. The number of aryl methyl sites for hydroxylation is 1. The summed E-state index contributed by atoms with van der Waals surface area (Å²) in [5.41, 5.74) is 1.19. The van der Waals surface area contributed by atoms with Gasteiger partial charge in [0.15, 0.2) is 0 Å². The van der Waals surface area contributed by atoms with Crippen LogP contribution in [-0.2, 0) is 20.1 Å². The molecule has 32 heavy (non-hydrogen) atoms. The van der Waals surface area contributed by atoms with Gasteiger partial charge in [-0.15, -0.1) is 0 Å². The van der Waals surface area contributed by atoms with Gasteiger partial charge in [-0.2, -0.15) is 0 Å². The van der Waals surface area contributed by atoms with Crippen LogP contribution in [-0.4, -0.2) is 71.0 Å². The molecule has 9 nitrogen and oxygen atoms in total. The lowest BCUT2D eigenvalue weighted by Gasteiger charge is -2.32. The third-order valence-corrected chi connectivity index (χ3v) is 6.19. The fraction of sp³-hybridized carbons (Fsp3) is 0.500. The van der Waals surface area contributed by atoms with Crippen LogP contribution in [0.25, 0.3) is 0 Å². The number of pyridine rings is 1. The number of piperidine rings is 1. The van der Waals surface area contributed by atoms with Crippen molar-refractivity contribution < 1.29 is 23.6 Å². The van der Waals surface area contributed by atoms with Crippen molar-refractivity contribution in [2.45, 2.75) is 37.5 Å². The van der Waals surface area contributed by atoms with Crippen molar-refractivity contribution in [3.63, 3.8) is 0 Å². The topological polar surface area (TPSA) is 106 Å². The summed E-state index contributed by atoms with van der Waals surface area (Å²) in [7, 11) is 1.59. The molecule has 1 aliphatic heterocycles. The number of rotatable bonds is 8. The first-order chi connectivity index (χ1) is 15.4. The maximum absolute atomic E-state index is 13.1. The van der Waals surface area contributed by atoms with Crippen molar-refractivity contribution in [1.29, 1.82) is 0 Å². The Morgan fingerprint density at radius 1 is 1.38 bits per heavy atom. The summed E-state index contributed by atoms with van der Waals surface area (Å²) in [4.78, 5) is 45.3. The van der Waals surface area contributed by atoms with Gasteiger partial charge in [0.2, 0.25) is 5.91 Å². The highest BCUT2D eigenvalue weighted by atomic mass is 32.2. The van der Waals surface area contributed by atoms with Crippen molar-refractivity contribution in [2.24, 2.45) is 5.92 Å². The number of nitrogens with zero attached hydrogens (tertiary/aromatic N) is 4. The number of aromatic nitrogens is 2. The molecule has 0 saturated carbocycles. The molecule has 0 N–H and O–H groups in total. The van der Waals surface area contributed by atoms with Gasteiger partial charge in [0.25, 0.3) is 5.91 Å². The number of likely N-dealkylation sites (tertiary alicyclic amines) is 1. The lowest BCUT2D eigenvalue weighted by molar-refractivity contribution is -0.151. The van der Waals surface area contributed by atoms with Crippen molar-refractivity contribution in [2.75, 3.05) is 33.3 Å². The zero-order valence-corrected chi connectivity index (χ0v) is 19.4. The molecule has 2 amide bonds. The van der Waals surface area contributed by atoms with Crippen LogP contribution < -0.4 is 0 Å². The van der Waals surface area contributed by atoms with Crippen molar-refractivity contribution in [3.05, 3.63) is 41.4 Å². The number of likely N-dealkylation sites (N-methyl/N-ethyl adjacent to an activating group) is 1. The Bertz CT molecular complexity index is 963. The molecular formula is C22H28N4O5S. The Morgan fingerprint density at radius 2 is 2.19 bits per heavy atom. The Morgan fingerprint density at radius 3 is 2.91 bits per heavy atom. The zero-order valence-electron chi connectivity index (χ0n) is 18.6. The summed E-state index contributed by atoms with van der Waals surface area (Å²) in [6.07, 6.45) is 3.07. The van der Waals surface area contributed by atoms with E-state index in [0.717, 1.165) is 17.9 Å². The van der Waals surface area contributed by atoms with E-state index >= 15 is 0 Å². The molecule has 3 heterocycles. The van der Waals surface area contributed by atoms with E-state index in [0.29, 0.717) is 42.5 Å². The van der Waals surface area contributed by atoms with Crippen LogP contribution in [0.4, 0.5) is 0 Å². The van der Waals surface area contributed by atoms with E-state index in [-0.39, 0.29) is 30.2 Å². The minimum atomic E-state index is -0.310. The first-order valence-corrected chi connectivity index (χ1v) is 11.6. The lowest BCUT2D eigenvalue weighted by Crippen LogP contribution is -2.47. The van der Waals surface area contributed by atoms with Gasteiger partial charge in [-0.1, -0.05) is 16.9 Å². The smallest absolute Gasteiger partial charge is 0.310 e. The van der Waals surface area contributed by atoms with E-state index in [1.54, 1.807) is 37.2 Å². The molecule has 1 fully saturated rings. The number of carbonyl (C=O) groups excluding carboxylic acids is 3. The van der Waals surface area contributed by atoms with Crippen molar-refractivity contribution >= 4 is 29.5 Å². The second kappa shape index (κ2) is 11.1. The van der Waals surface area contributed by atoms with Gasteiger partial charge in [-0.05, 0) is 38.8 Å². The molecule has 0 radical (unpaired) electrons. The molecule has 0 spiro atoms. The van der Waals surface area contributed by atoms with E-state index < -0.39 is 0 Å². The summed E-state index contributed by atoms with van der Waals surface area (Å²) < 4.78 is 10.2. The molecular weight excluding hydrogens is 432 g/mol. The number of hydrogen-bond donors (Lipinski definition) is 0. The average molecular weight is 461 g/mol. The zero-order chi connectivity index (χ0) is 23.1. The Balaban J connectivity index is 1.60. The highest BCUT2D eigenvalue weighted by Crippen LogP contribution is 2.25. The van der Waals surface area contributed by atoms with Gasteiger partial charge in [0.05, 0.1) is 30.3 Å². The normalized spacial score (nSPS) is 16.0. The number of esters is 1. The van der Waals surface area contributed by atoms with Crippen molar-refractivity contribution in [1.82, 2.24) is 19.9 Å². The summed E-state index contributed by atoms with van der Waals surface area (Å²) in [5, 5.41) is 4.53. The molecule has 0 aliphatic carbocycles. The third-order valence-electron chi connectivity index (χ3n) is 5.15. The highest BCUT2D eigenvalue weighted by molar-refractivity contribution is 7.98. The fourth-order valence-corrected chi connectivity index (χ4v) is 4.40. The SMILES string of the molecule is CCOC(=O)C1CCCN(C(=O)CN(C)C(=O)c2cccnc2SCc2cc(C)on2)C1. The molecule has 1 atom stereocenters. The van der Waals surface area contributed by atoms with Crippen LogP contribution in [0.1, 0.15) is 41.6 Å². The fourth-order valence-electron chi connectivity index (χ4n) is 3.53. The predicted octanol–water partition coefficient (Wildman–Crippen LogP) is 2.54. The lowest BCUT2D eigenvalue weighted by atomic mass is 9.98. The monoisotopic (exact) mass is 460 g/mol. The molecule has 2 aromatic rings. The maximum Gasteiger partial charge on any atom is 0.310 e. The highest BCUT2D eigenvalue weighted by Gasteiger charge is 2.30. The minimum Gasteiger partial charge on any atom is -0.466 e. The standard InChI is InChI=1S/C22H28N4O5S/c1-4-30-22(29)16-7-6-10-26(12-16)19(27)13-25(3)21(28)18-8-5-9-23-20(18)32-14-17-11-15(2)31-24-17/h5,8-9,11,16H,4,6-7,10,12-14H2,1-3H3. The van der Waals surface area contributed by atoms with Gasteiger partial charge in [-0.3, -0.25) is 14.4 Å². The summed E-state index contributed by atoms with van der Waals surface area (Å²) in [5.74, 6) is 0.179. The molecule has 1 aliphatic rings. The Hall–Kier alpha value is -2.88. The number of hydrogen-bond acceptors (Lipinski definition) is 8. The van der Waals surface area contributed by atoms with Gasteiger partial charge < -0.3 is 19.1 Å². The quantitative estimate of drug-likeness (QED) is 0.437. The average Bonchev–Trinajstić information content (AvgIpc) is 3.22. The van der Waals surface area contributed by atoms with E-state index in [1.807, 2.05) is 13.0 Å². The predicted molar refractivity (Wildman–Crippen MR) is 118 cm³/mol. The van der Waals surface area contributed by atoms with Crippen LogP contribution in [0.5, 0.6) is 0 Å². The maximum atomic E-state index is 13.1.